The van der Waals surface area contributed by atoms with E-state index in [4.69, 9.17) is 4.74 Å². The fourth-order valence-electron chi connectivity index (χ4n) is 2.42. The molecule has 0 radical (unpaired) electrons. The maximum atomic E-state index is 13.2. The van der Waals surface area contributed by atoms with Gasteiger partial charge in [-0.1, -0.05) is 18.2 Å². The number of carbonyl (C=O) groups is 1. The Morgan fingerprint density at radius 1 is 1.28 bits per heavy atom. The lowest BCUT2D eigenvalue weighted by Crippen LogP contribution is -2.28. The highest BCUT2D eigenvalue weighted by Crippen LogP contribution is 2.24. The summed E-state index contributed by atoms with van der Waals surface area (Å²) in [5.41, 5.74) is 2.26. The number of aromatic nitrogens is 2. The van der Waals surface area contributed by atoms with Crippen molar-refractivity contribution in [3.05, 3.63) is 72.6 Å². The smallest absolute Gasteiger partial charge is 0.319 e. The lowest BCUT2D eigenvalue weighted by atomic mass is 10.1. The molecule has 128 valence electrons. The predicted molar refractivity (Wildman–Crippen MR) is 92.4 cm³/mol. The molecule has 25 heavy (non-hydrogen) atoms. The fraction of sp³-hybridized carbons (Fsp3) is 0.111. The van der Waals surface area contributed by atoms with Crippen LogP contribution in [0.1, 0.15) is 5.56 Å². The number of rotatable bonds is 5. The molecule has 2 N–H and O–H groups in total. The van der Waals surface area contributed by atoms with E-state index < -0.39 is 11.8 Å². The standard InChI is InChI=1S/C18H17FN4O2/c1-25-17-10-14(19)6-7-15(17)22-18(24)21-11-13-4-2-3-5-16(13)23-9-8-20-12-23/h2-10,12H,11H2,1H3,(H2,21,22,24). The topological polar surface area (TPSA) is 68.2 Å². The second-order valence-corrected chi connectivity index (χ2v) is 5.25. The average Bonchev–Trinajstić information content (AvgIpc) is 3.16. The Balaban J connectivity index is 1.68. The van der Waals surface area contributed by atoms with Crippen LogP contribution in [-0.4, -0.2) is 22.7 Å². The number of methoxy groups -OCH3 is 1. The normalized spacial score (nSPS) is 10.3. The molecule has 3 aromatic rings. The Hall–Kier alpha value is -3.35. The number of nitrogens with one attached hydrogen (secondary N) is 2. The Bertz CT molecular complexity index is 865. The third kappa shape index (κ3) is 3.95. The van der Waals surface area contributed by atoms with Crippen LogP contribution in [0.25, 0.3) is 5.69 Å². The monoisotopic (exact) mass is 340 g/mol. The van der Waals surface area contributed by atoms with Crippen molar-refractivity contribution >= 4 is 11.7 Å². The summed E-state index contributed by atoms with van der Waals surface area (Å²) in [7, 11) is 1.42. The van der Waals surface area contributed by atoms with Gasteiger partial charge in [0.1, 0.15) is 11.6 Å². The average molecular weight is 340 g/mol. The van der Waals surface area contributed by atoms with Crippen LogP contribution in [-0.2, 0) is 6.54 Å². The molecule has 0 atom stereocenters. The molecule has 0 saturated heterocycles. The van der Waals surface area contributed by atoms with E-state index in [2.05, 4.69) is 15.6 Å². The van der Waals surface area contributed by atoms with Crippen molar-refractivity contribution in [1.82, 2.24) is 14.9 Å². The van der Waals surface area contributed by atoms with Gasteiger partial charge in [-0.25, -0.2) is 14.2 Å². The molecule has 0 spiro atoms. The van der Waals surface area contributed by atoms with Crippen LogP contribution in [0.2, 0.25) is 0 Å². The molecule has 0 aliphatic carbocycles. The summed E-state index contributed by atoms with van der Waals surface area (Å²) in [5, 5.41) is 5.43. The third-order valence-corrected chi connectivity index (χ3v) is 3.63. The minimum absolute atomic E-state index is 0.258. The first kappa shape index (κ1) is 16.5. The van der Waals surface area contributed by atoms with Crippen LogP contribution in [0.15, 0.2) is 61.2 Å². The fourth-order valence-corrected chi connectivity index (χ4v) is 2.42. The van der Waals surface area contributed by atoms with Crippen molar-refractivity contribution in [2.45, 2.75) is 6.54 Å². The van der Waals surface area contributed by atoms with Crippen LogP contribution in [0, 0.1) is 5.82 Å². The SMILES string of the molecule is COc1cc(F)ccc1NC(=O)NCc1ccccc1-n1ccnc1. The zero-order valence-electron chi connectivity index (χ0n) is 13.6. The number of hydrogen-bond acceptors (Lipinski definition) is 3. The van der Waals surface area contributed by atoms with Crippen molar-refractivity contribution in [2.75, 3.05) is 12.4 Å². The number of ether oxygens (including phenoxy) is 1. The second-order valence-electron chi connectivity index (χ2n) is 5.25. The van der Waals surface area contributed by atoms with Crippen molar-refractivity contribution in [3.8, 4) is 11.4 Å². The van der Waals surface area contributed by atoms with Crippen molar-refractivity contribution in [1.29, 1.82) is 0 Å². The molecule has 0 bridgehead atoms. The molecule has 2 amide bonds. The first-order valence-corrected chi connectivity index (χ1v) is 7.62. The van der Waals surface area contributed by atoms with Gasteiger partial charge in [-0.2, -0.15) is 0 Å². The Labute approximate surface area is 144 Å². The first-order chi connectivity index (χ1) is 12.2. The largest absolute Gasteiger partial charge is 0.494 e. The van der Waals surface area contributed by atoms with Gasteiger partial charge in [0.25, 0.3) is 0 Å². The van der Waals surface area contributed by atoms with Crippen LogP contribution in [0.4, 0.5) is 14.9 Å². The minimum Gasteiger partial charge on any atom is -0.494 e. The molecule has 0 saturated carbocycles. The van der Waals surface area contributed by atoms with Gasteiger partial charge in [0, 0.05) is 25.0 Å². The molecular weight excluding hydrogens is 323 g/mol. The number of halogens is 1. The number of carbonyl (C=O) groups excluding carboxylic acids is 1. The maximum absolute atomic E-state index is 13.2. The van der Waals surface area contributed by atoms with Crippen LogP contribution in [0.5, 0.6) is 5.75 Å². The summed E-state index contributed by atoms with van der Waals surface area (Å²) in [4.78, 5) is 16.2. The number of benzene rings is 2. The second kappa shape index (κ2) is 7.48. The summed E-state index contributed by atoms with van der Waals surface area (Å²) in [6.07, 6.45) is 5.22. The van der Waals surface area contributed by atoms with Gasteiger partial charge < -0.3 is 19.9 Å². The summed E-state index contributed by atoms with van der Waals surface area (Å²) >= 11 is 0. The molecule has 0 unspecified atom stereocenters. The Morgan fingerprint density at radius 2 is 2.12 bits per heavy atom. The molecule has 7 heteroatoms. The molecule has 1 heterocycles. The predicted octanol–water partition coefficient (Wildman–Crippen LogP) is 3.34. The number of imidazole rings is 1. The van der Waals surface area contributed by atoms with Crippen LogP contribution in [0.3, 0.4) is 0 Å². The zero-order valence-corrected chi connectivity index (χ0v) is 13.6. The van der Waals surface area contributed by atoms with E-state index in [-0.39, 0.29) is 5.75 Å². The van der Waals surface area contributed by atoms with E-state index >= 15 is 0 Å². The maximum Gasteiger partial charge on any atom is 0.319 e. The summed E-state index contributed by atoms with van der Waals surface area (Å²) in [6, 6.07) is 11.2. The summed E-state index contributed by atoms with van der Waals surface area (Å²) in [6.45, 7) is 0.323. The summed E-state index contributed by atoms with van der Waals surface area (Å²) < 4.78 is 20.1. The van der Waals surface area contributed by atoms with Gasteiger partial charge in [0.05, 0.1) is 24.8 Å². The van der Waals surface area contributed by atoms with Gasteiger partial charge >= 0.3 is 6.03 Å². The zero-order chi connectivity index (χ0) is 17.6. The Morgan fingerprint density at radius 3 is 2.88 bits per heavy atom. The number of nitrogens with zero attached hydrogens (tertiary/aromatic N) is 2. The van der Waals surface area contributed by atoms with E-state index in [1.54, 1.807) is 12.5 Å². The molecule has 1 aromatic heterocycles. The van der Waals surface area contributed by atoms with Gasteiger partial charge in [-0.15, -0.1) is 0 Å². The number of urea groups is 1. The highest BCUT2D eigenvalue weighted by atomic mass is 19.1. The first-order valence-electron chi connectivity index (χ1n) is 7.62. The molecular formula is C18H17FN4O2. The van der Waals surface area contributed by atoms with Crippen molar-refractivity contribution in [3.63, 3.8) is 0 Å². The molecule has 2 aromatic carbocycles. The highest BCUT2D eigenvalue weighted by molar-refractivity contribution is 5.90. The van der Waals surface area contributed by atoms with Gasteiger partial charge in [-0.05, 0) is 23.8 Å². The summed E-state index contributed by atoms with van der Waals surface area (Å²) in [5.74, 6) is -0.175. The van der Waals surface area contributed by atoms with Crippen molar-refractivity contribution < 1.29 is 13.9 Å². The molecule has 0 fully saturated rings. The van der Waals surface area contributed by atoms with E-state index in [9.17, 15) is 9.18 Å². The van der Waals surface area contributed by atoms with E-state index in [0.29, 0.717) is 12.2 Å². The van der Waals surface area contributed by atoms with E-state index in [0.717, 1.165) is 11.3 Å². The highest BCUT2D eigenvalue weighted by Gasteiger charge is 2.10. The molecule has 6 nitrogen and oxygen atoms in total. The van der Waals surface area contributed by atoms with Crippen molar-refractivity contribution in [2.24, 2.45) is 0 Å². The van der Waals surface area contributed by atoms with E-state index in [1.807, 2.05) is 35.0 Å². The minimum atomic E-state index is -0.433. The van der Waals surface area contributed by atoms with Gasteiger partial charge in [0.15, 0.2) is 0 Å². The van der Waals surface area contributed by atoms with Crippen LogP contribution >= 0.6 is 0 Å². The van der Waals surface area contributed by atoms with Crippen LogP contribution < -0.4 is 15.4 Å². The number of hydrogen-bond donors (Lipinski definition) is 2. The molecule has 0 aliphatic rings. The third-order valence-electron chi connectivity index (χ3n) is 3.63. The van der Waals surface area contributed by atoms with E-state index in [1.165, 1.54) is 25.3 Å². The molecule has 3 rings (SSSR count). The Kier molecular flexibility index (Phi) is 4.94. The lowest BCUT2D eigenvalue weighted by molar-refractivity contribution is 0.251. The lowest BCUT2D eigenvalue weighted by Gasteiger charge is -2.13. The number of para-hydroxylation sites is 1. The number of amides is 2. The number of anilines is 1. The van der Waals surface area contributed by atoms with Gasteiger partial charge in [0.2, 0.25) is 0 Å². The van der Waals surface area contributed by atoms with Gasteiger partial charge in [-0.3, -0.25) is 0 Å². The quantitative estimate of drug-likeness (QED) is 0.748. The molecule has 0 aliphatic heterocycles.